The first-order valence-electron chi connectivity index (χ1n) is 13.2. The third-order valence-electron chi connectivity index (χ3n) is 7.40. The number of ether oxygens (including phenoxy) is 2. The first-order chi connectivity index (χ1) is 19.4. The van der Waals surface area contributed by atoms with Crippen LogP contribution >= 0.6 is 0 Å². The maximum absolute atomic E-state index is 13.3. The van der Waals surface area contributed by atoms with E-state index in [1.165, 1.54) is 12.0 Å². The van der Waals surface area contributed by atoms with Crippen LogP contribution in [0, 0.1) is 0 Å². The molecule has 0 bridgehead atoms. The van der Waals surface area contributed by atoms with E-state index < -0.39 is 36.1 Å². The molecule has 206 valence electrons. The summed E-state index contributed by atoms with van der Waals surface area (Å²) >= 11 is 0. The number of nitrogens with zero attached hydrogens (tertiary/aromatic N) is 1. The number of benzene rings is 3. The Morgan fingerprint density at radius 1 is 0.925 bits per heavy atom. The van der Waals surface area contributed by atoms with Crippen LogP contribution in [0.2, 0.25) is 0 Å². The smallest absolute Gasteiger partial charge is 0.407 e. The number of carbonyl (C=O) groups excluding carboxylic acids is 4. The van der Waals surface area contributed by atoms with Crippen molar-refractivity contribution in [2.75, 3.05) is 20.3 Å². The lowest BCUT2D eigenvalue weighted by atomic mass is 9.94. The second-order valence-electron chi connectivity index (χ2n) is 9.97. The zero-order valence-corrected chi connectivity index (χ0v) is 22.3. The number of likely N-dealkylation sites (tertiary alicyclic amines) is 1. The number of methoxy groups -OCH3 is 1. The molecule has 9 heteroatoms. The van der Waals surface area contributed by atoms with E-state index in [2.05, 4.69) is 34.9 Å². The Labute approximate surface area is 232 Å². The van der Waals surface area contributed by atoms with Gasteiger partial charge in [0.2, 0.25) is 11.8 Å². The van der Waals surface area contributed by atoms with E-state index in [1.807, 2.05) is 24.3 Å². The molecule has 3 amide bonds. The van der Waals surface area contributed by atoms with E-state index in [0.717, 1.165) is 22.3 Å². The van der Waals surface area contributed by atoms with Crippen molar-refractivity contribution in [3.63, 3.8) is 0 Å². The molecular formula is C31H31N3O6. The van der Waals surface area contributed by atoms with Gasteiger partial charge in [-0.1, -0.05) is 78.9 Å². The normalized spacial score (nSPS) is 17.1. The summed E-state index contributed by atoms with van der Waals surface area (Å²) in [4.78, 5) is 51.8. The minimum atomic E-state index is -1.01. The molecule has 1 fully saturated rings. The number of nitrogens with one attached hydrogen (secondary N) is 2. The zero-order chi connectivity index (χ0) is 28.2. The second-order valence-corrected chi connectivity index (χ2v) is 9.97. The summed E-state index contributed by atoms with van der Waals surface area (Å²) in [6.45, 7) is 2.02. The summed E-state index contributed by atoms with van der Waals surface area (Å²) in [7, 11) is 1.25. The molecule has 0 saturated carbocycles. The monoisotopic (exact) mass is 541 g/mol. The number of amides is 3. The standard InChI is InChI=1S/C31H31N3O6/c1-19(33-31(38)40-18-25-23-14-8-6-12-21(23)22-13-7-9-15-24(22)25)17-32-29(36)28(20-10-4-3-5-11-20)34-26(16-27(34)35)30(37)39-2/h3-15,19,25-26,28H,16-18H2,1-2H3,(H,32,36)(H,33,38)/t19-,26+,28?/m0/s1. The highest BCUT2D eigenvalue weighted by atomic mass is 16.5. The Balaban J connectivity index is 1.18. The van der Waals surface area contributed by atoms with Crippen LogP contribution in [-0.2, 0) is 23.9 Å². The topological polar surface area (TPSA) is 114 Å². The summed E-state index contributed by atoms with van der Waals surface area (Å²) in [5, 5.41) is 5.56. The van der Waals surface area contributed by atoms with Crippen molar-refractivity contribution in [3.05, 3.63) is 95.6 Å². The van der Waals surface area contributed by atoms with Gasteiger partial charge in [0.05, 0.1) is 13.5 Å². The Kier molecular flexibility index (Phi) is 7.82. The number of β-lactam (4-membered cyclic amide) rings is 1. The van der Waals surface area contributed by atoms with E-state index >= 15 is 0 Å². The number of hydrogen-bond acceptors (Lipinski definition) is 6. The molecule has 1 unspecified atom stereocenters. The highest BCUT2D eigenvalue weighted by Crippen LogP contribution is 2.44. The fraction of sp³-hybridized carbons (Fsp3) is 0.290. The molecular weight excluding hydrogens is 510 g/mol. The SMILES string of the molecule is COC(=O)[C@H]1CC(=O)N1C(C(=O)NC[C@H](C)NC(=O)OCC1c2ccccc2-c2ccccc21)c1ccccc1. The molecule has 1 aliphatic heterocycles. The van der Waals surface area contributed by atoms with E-state index in [0.29, 0.717) is 5.56 Å². The maximum atomic E-state index is 13.3. The summed E-state index contributed by atoms with van der Waals surface area (Å²) in [5.74, 6) is -1.41. The highest BCUT2D eigenvalue weighted by Gasteiger charge is 2.48. The van der Waals surface area contributed by atoms with Gasteiger partial charge < -0.3 is 25.0 Å². The van der Waals surface area contributed by atoms with Gasteiger partial charge in [-0.3, -0.25) is 9.59 Å². The van der Waals surface area contributed by atoms with Crippen LogP contribution in [0.3, 0.4) is 0 Å². The molecule has 1 aliphatic carbocycles. The molecule has 2 aliphatic rings. The molecule has 2 N–H and O–H groups in total. The quantitative estimate of drug-likeness (QED) is 0.316. The van der Waals surface area contributed by atoms with Crippen LogP contribution < -0.4 is 10.6 Å². The summed E-state index contributed by atoms with van der Waals surface area (Å²) in [6.07, 6.45) is -0.602. The number of hydrogen-bond donors (Lipinski definition) is 2. The molecule has 1 saturated heterocycles. The number of fused-ring (bicyclic) bond motifs is 3. The summed E-state index contributed by atoms with van der Waals surface area (Å²) in [5.41, 5.74) is 5.10. The van der Waals surface area contributed by atoms with Gasteiger partial charge in [0.15, 0.2) is 0 Å². The van der Waals surface area contributed by atoms with Gasteiger partial charge in [0.25, 0.3) is 0 Å². The minimum absolute atomic E-state index is 0.0109. The first kappa shape index (κ1) is 26.9. The lowest BCUT2D eigenvalue weighted by Crippen LogP contribution is -2.61. The fourth-order valence-electron chi connectivity index (χ4n) is 5.40. The van der Waals surface area contributed by atoms with Crippen LogP contribution in [0.5, 0.6) is 0 Å². The van der Waals surface area contributed by atoms with Gasteiger partial charge in [-0.25, -0.2) is 9.59 Å². The van der Waals surface area contributed by atoms with Crippen LogP contribution in [0.4, 0.5) is 4.79 Å². The van der Waals surface area contributed by atoms with Crippen LogP contribution in [-0.4, -0.2) is 61.1 Å². The molecule has 40 heavy (non-hydrogen) atoms. The van der Waals surface area contributed by atoms with E-state index in [-0.39, 0.29) is 31.4 Å². The van der Waals surface area contributed by atoms with Gasteiger partial charge in [-0.2, -0.15) is 0 Å². The van der Waals surface area contributed by atoms with Gasteiger partial charge in [-0.05, 0) is 34.7 Å². The third kappa shape index (κ3) is 5.27. The van der Waals surface area contributed by atoms with Crippen molar-refractivity contribution >= 4 is 23.9 Å². The number of alkyl carbamates (subject to hydrolysis) is 1. The summed E-state index contributed by atoms with van der Waals surface area (Å²) < 4.78 is 10.4. The van der Waals surface area contributed by atoms with Crippen molar-refractivity contribution in [3.8, 4) is 11.1 Å². The van der Waals surface area contributed by atoms with Gasteiger partial charge in [0, 0.05) is 18.5 Å². The van der Waals surface area contributed by atoms with Crippen molar-refractivity contribution in [2.24, 2.45) is 0 Å². The number of carbonyl (C=O) groups is 4. The number of esters is 1. The lowest BCUT2D eigenvalue weighted by Gasteiger charge is -2.43. The average Bonchev–Trinajstić information content (AvgIpc) is 3.29. The summed E-state index contributed by atoms with van der Waals surface area (Å²) in [6, 6.07) is 22.7. The fourth-order valence-corrected chi connectivity index (χ4v) is 5.40. The van der Waals surface area contributed by atoms with Crippen molar-refractivity contribution in [2.45, 2.75) is 37.4 Å². The molecule has 3 aromatic carbocycles. The largest absolute Gasteiger partial charge is 0.467 e. The predicted octanol–water partition coefficient (Wildman–Crippen LogP) is 3.55. The molecule has 3 aromatic rings. The van der Waals surface area contributed by atoms with Gasteiger partial charge in [0.1, 0.15) is 18.7 Å². The van der Waals surface area contributed by atoms with E-state index in [1.54, 1.807) is 37.3 Å². The highest BCUT2D eigenvalue weighted by molar-refractivity contribution is 5.99. The van der Waals surface area contributed by atoms with Gasteiger partial charge >= 0.3 is 12.1 Å². The third-order valence-corrected chi connectivity index (χ3v) is 7.40. The lowest BCUT2D eigenvalue weighted by molar-refractivity contribution is -0.169. The Bertz CT molecular complexity index is 1380. The predicted molar refractivity (Wildman–Crippen MR) is 147 cm³/mol. The number of rotatable bonds is 9. The van der Waals surface area contributed by atoms with Crippen LogP contribution in [0.1, 0.15) is 42.0 Å². The Morgan fingerprint density at radius 3 is 2.12 bits per heavy atom. The Hall–Kier alpha value is -4.66. The first-order valence-corrected chi connectivity index (χ1v) is 13.2. The zero-order valence-electron chi connectivity index (χ0n) is 22.3. The van der Waals surface area contributed by atoms with Crippen LogP contribution in [0.15, 0.2) is 78.9 Å². The molecule has 5 rings (SSSR count). The van der Waals surface area contributed by atoms with Crippen molar-refractivity contribution in [1.29, 1.82) is 0 Å². The van der Waals surface area contributed by atoms with E-state index in [4.69, 9.17) is 9.47 Å². The molecule has 0 spiro atoms. The minimum Gasteiger partial charge on any atom is -0.467 e. The van der Waals surface area contributed by atoms with Crippen molar-refractivity contribution < 1.29 is 28.7 Å². The Morgan fingerprint density at radius 2 is 1.52 bits per heavy atom. The van der Waals surface area contributed by atoms with Gasteiger partial charge in [-0.15, -0.1) is 0 Å². The molecule has 0 radical (unpaired) electrons. The maximum Gasteiger partial charge on any atom is 0.407 e. The molecule has 3 atom stereocenters. The average molecular weight is 542 g/mol. The molecule has 9 nitrogen and oxygen atoms in total. The van der Waals surface area contributed by atoms with Crippen molar-refractivity contribution in [1.82, 2.24) is 15.5 Å². The van der Waals surface area contributed by atoms with E-state index in [9.17, 15) is 19.2 Å². The van der Waals surface area contributed by atoms with Crippen LogP contribution in [0.25, 0.3) is 11.1 Å². The second kappa shape index (κ2) is 11.6. The molecule has 1 heterocycles. The molecule has 0 aromatic heterocycles.